The standard InChI is InChI=1S/C24H24FN3O.ClH/c25-21-8-4-7-20(17-21)24(29)26-22-9-11-23(12-10-22)28-15-13-27(14-16-28)18-19-5-2-1-3-6-19;/h1-12,17H,13-16,18H2,(H,26,29);1H. The van der Waals surface area contributed by atoms with Gasteiger partial charge in [-0.05, 0) is 48.0 Å². The first-order valence-corrected chi connectivity index (χ1v) is 9.85. The monoisotopic (exact) mass is 425 g/mol. The van der Waals surface area contributed by atoms with Crippen molar-refractivity contribution in [3.8, 4) is 0 Å². The topological polar surface area (TPSA) is 35.6 Å². The molecule has 1 amide bonds. The van der Waals surface area contributed by atoms with E-state index in [4.69, 9.17) is 0 Å². The number of amides is 1. The third kappa shape index (κ3) is 5.59. The van der Waals surface area contributed by atoms with E-state index in [0.29, 0.717) is 11.3 Å². The molecule has 3 aromatic carbocycles. The smallest absolute Gasteiger partial charge is 0.255 e. The van der Waals surface area contributed by atoms with Gasteiger partial charge in [0, 0.05) is 49.7 Å². The number of carbonyl (C=O) groups excluding carboxylic acids is 1. The molecule has 30 heavy (non-hydrogen) atoms. The fourth-order valence-corrected chi connectivity index (χ4v) is 3.59. The molecule has 0 bridgehead atoms. The van der Waals surface area contributed by atoms with Crippen LogP contribution in [0.5, 0.6) is 0 Å². The highest BCUT2D eigenvalue weighted by Gasteiger charge is 2.17. The molecule has 6 heteroatoms. The molecule has 4 rings (SSSR count). The lowest BCUT2D eigenvalue weighted by Crippen LogP contribution is -2.45. The van der Waals surface area contributed by atoms with E-state index in [9.17, 15) is 9.18 Å². The normalized spacial score (nSPS) is 14.1. The van der Waals surface area contributed by atoms with Gasteiger partial charge in [0.25, 0.3) is 5.91 Å². The van der Waals surface area contributed by atoms with Crippen LogP contribution in [0, 0.1) is 5.82 Å². The van der Waals surface area contributed by atoms with Gasteiger partial charge < -0.3 is 10.2 Å². The number of carbonyl (C=O) groups is 1. The van der Waals surface area contributed by atoms with Crippen LogP contribution >= 0.6 is 12.4 Å². The number of hydrogen-bond donors (Lipinski definition) is 1. The molecule has 0 saturated carbocycles. The molecule has 1 aliphatic heterocycles. The molecule has 1 fully saturated rings. The minimum Gasteiger partial charge on any atom is -0.369 e. The average molecular weight is 426 g/mol. The van der Waals surface area contributed by atoms with E-state index in [0.717, 1.165) is 38.4 Å². The summed E-state index contributed by atoms with van der Waals surface area (Å²) in [7, 11) is 0. The van der Waals surface area contributed by atoms with Crippen molar-refractivity contribution in [1.82, 2.24) is 4.90 Å². The molecular weight excluding hydrogens is 401 g/mol. The summed E-state index contributed by atoms with van der Waals surface area (Å²) < 4.78 is 13.3. The minimum atomic E-state index is -0.417. The van der Waals surface area contributed by atoms with Gasteiger partial charge in [0.1, 0.15) is 5.82 Å². The van der Waals surface area contributed by atoms with Gasteiger partial charge in [-0.3, -0.25) is 9.69 Å². The molecule has 1 saturated heterocycles. The summed E-state index contributed by atoms with van der Waals surface area (Å²) in [6, 6.07) is 24.1. The Balaban J connectivity index is 0.00000256. The maximum atomic E-state index is 13.3. The number of hydrogen-bond acceptors (Lipinski definition) is 3. The lowest BCUT2D eigenvalue weighted by atomic mass is 10.1. The maximum absolute atomic E-state index is 13.3. The molecule has 0 spiro atoms. The van der Waals surface area contributed by atoms with Crippen molar-refractivity contribution in [2.45, 2.75) is 6.54 Å². The Hall–Kier alpha value is -2.89. The highest BCUT2D eigenvalue weighted by Crippen LogP contribution is 2.21. The van der Waals surface area contributed by atoms with Crippen molar-refractivity contribution >= 4 is 29.7 Å². The van der Waals surface area contributed by atoms with Gasteiger partial charge in [-0.25, -0.2) is 4.39 Å². The molecule has 0 aliphatic carbocycles. The van der Waals surface area contributed by atoms with Gasteiger partial charge >= 0.3 is 0 Å². The van der Waals surface area contributed by atoms with Crippen LogP contribution < -0.4 is 10.2 Å². The second-order valence-electron chi connectivity index (χ2n) is 7.26. The van der Waals surface area contributed by atoms with Gasteiger partial charge in [-0.2, -0.15) is 0 Å². The fraction of sp³-hybridized carbons (Fsp3) is 0.208. The number of halogens is 2. The van der Waals surface area contributed by atoms with Gasteiger partial charge in [-0.1, -0.05) is 36.4 Å². The highest BCUT2D eigenvalue weighted by atomic mass is 35.5. The molecule has 4 nitrogen and oxygen atoms in total. The Morgan fingerprint density at radius 2 is 1.57 bits per heavy atom. The molecule has 1 heterocycles. The lowest BCUT2D eigenvalue weighted by Gasteiger charge is -2.36. The van der Waals surface area contributed by atoms with Gasteiger partial charge in [0.05, 0.1) is 0 Å². The predicted octanol–water partition coefficient (Wildman–Crippen LogP) is 4.82. The summed E-state index contributed by atoms with van der Waals surface area (Å²) in [4.78, 5) is 17.1. The summed E-state index contributed by atoms with van der Waals surface area (Å²) in [5.74, 6) is -0.730. The van der Waals surface area contributed by atoms with Crippen LogP contribution in [-0.4, -0.2) is 37.0 Å². The molecule has 0 atom stereocenters. The van der Waals surface area contributed by atoms with Gasteiger partial charge in [0.2, 0.25) is 0 Å². The summed E-state index contributed by atoms with van der Waals surface area (Å²) in [5.41, 5.74) is 3.50. The number of piperazine rings is 1. The van der Waals surface area contributed by atoms with Crippen molar-refractivity contribution < 1.29 is 9.18 Å². The van der Waals surface area contributed by atoms with Crippen LogP contribution in [0.3, 0.4) is 0 Å². The Labute approximate surface area is 182 Å². The summed E-state index contributed by atoms with van der Waals surface area (Å²) >= 11 is 0. The predicted molar refractivity (Wildman–Crippen MR) is 122 cm³/mol. The number of benzene rings is 3. The van der Waals surface area contributed by atoms with Gasteiger partial charge in [0.15, 0.2) is 0 Å². The quantitative estimate of drug-likeness (QED) is 0.636. The summed E-state index contributed by atoms with van der Waals surface area (Å²) in [6.45, 7) is 4.98. The van der Waals surface area contributed by atoms with Crippen LogP contribution in [0.15, 0.2) is 78.9 Å². The Kier molecular flexibility index (Phi) is 7.44. The molecule has 0 radical (unpaired) electrons. The second kappa shape index (κ2) is 10.2. The number of nitrogens with one attached hydrogen (secondary N) is 1. The molecule has 156 valence electrons. The van der Waals surface area contributed by atoms with Crippen molar-refractivity contribution in [1.29, 1.82) is 0 Å². The zero-order chi connectivity index (χ0) is 20.1. The van der Waals surface area contributed by atoms with E-state index in [1.54, 1.807) is 6.07 Å². The zero-order valence-corrected chi connectivity index (χ0v) is 17.4. The first-order chi connectivity index (χ1) is 14.2. The molecule has 1 N–H and O–H groups in total. The highest BCUT2D eigenvalue weighted by molar-refractivity contribution is 6.04. The van der Waals surface area contributed by atoms with Crippen molar-refractivity contribution in [2.75, 3.05) is 36.4 Å². The third-order valence-electron chi connectivity index (χ3n) is 5.20. The SMILES string of the molecule is Cl.O=C(Nc1ccc(N2CCN(Cc3ccccc3)CC2)cc1)c1cccc(F)c1. The van der Waals surface area contributed by atoms with E-state index < -0.39 is 5.82 Å². The first kappa shape index (κ1) is 21.8. The van der Waals surface area contributed by atoms with E-state index in [-0.39, 0.29) is 18.3 Å². The minimum absolute atomic E-state index is 0. The number of nitrogens with zero attached hydrogens (tertiary/aromatic N) is 2. The number of rotatable bonds is 5. The van der Waals surface area contributed by atoms with Crippen molar-refractivity contribution in [3.05, 3.63) is 95.8 Å². The third-order valence-corrected chi connectivity index (χ3v) is 5.20. The largest absolute Gasteiger partial charge is 0.369 e. The molecule has 0 unspecified atom stereocenters. The zero-order valence-electron chi connectivity index (χ0n) is 16.6. The van der Waals surface area contributed by atoms with Gasteiger partial charge in [-0.15, -0.1) is 12.4 Å². The lowest BCUT2D eigenvalue weighted by molar-refractivity contribution is 0.102. The first-order valence-electron chi connectivity index (χ1n) is 9.85. The summed E-state index contributed by atoms with van der Waals surface area (Å²) in [6.07, 6.45) is 0. The molecular formula is C24H25ClFN3O. The van der Waals surface area contributed by atoms with Crippen LogP contribution in [0.1, 0.15) is 15.9 Å². The van der Waals surface area contributed by atoms with Crippen LogP contribution in [0.2, 0.25) is 0 Å². The van der Waals surface area contributed by atoms with E-state index in [1.165, 1.54) is 23.8 Å². The maximum Gasteiger partial charge on any atom is 0.255 e. The van der Waals surface area contributed by atoms with E-state index in [2.05, 4.69) is 39.4 Å². The molecule has 3 aromatic rings. The van der Waals surface area contributed by atoms with E-state index >= 15 is 0 Å². The van der Waals surface area contributed by atoms with Crippen molar-refractivity contribution in [3.63, 3.8) is 0 Å². The average Bonchev–Trinajstić information content (AvgIpc) is 2.76. The summed E-state index contributed by atoms with van der Waals surface area (Å²) in [5, 5.41) is 2.82. The molecule has 0 aromatic heterocycles. The Morgan fingerprint density at radius 3 is 2.23 bits per heavy atom. The molecule has 1 aliphatic rings. The Morgan fingerprint density at radius 1 is 0.867 bits per heavy atom. The Bertz CT molecular complexity index is 958. The number of anilines is 2. The second-order valence-corrected chi connectivity index (χ2v) is 7.26. The van der Waals surface area contributed by atoms with Crippen molar-refractivity contribution in [2.24, 2.45) is 0 Å². The van der Waals surface area contributed by atoms with E-state index in [1.807, 2.05) is 30.3 Å². The van der Waals surface area contributed by atoms with Crippen LogP contribution in [0.4, 0.5) is 15.8 Å². The van der Waals surface area contributed by atoms with Crippen LogP contribution in [-0.2, 0) is 6.54 Å². The van der Waals surface area contributed by atoms with Crippen LogP contribution in [0.25, 0.3) is 0 Å². The fourth-order valence-electron chi connectivity index (χ4n) is 3.59.